The number of rotatable bonds is 1. The number of carbonyl (C=O) groups is 1. The number of ether oxygens (including phenoxy) is 1. The molecule has 0 amide bonds. The van der Waals surface area contributed by atoms with Crippen LogP contribution < -0.4 is 0 Å². The predicted molar refractivity (Wildman–Crippen MR) is 59.2 cm³/mol. The molecule has 0 aliphatic rings. The lowest BCUT2D eigenvalue weighted by Gasteiger charge is -2.01. The van der Waals surface area contributed by atoms with Crippen molar-refractivity contribution < 1.29 is 13.9 Å². The Morgan fingerprint density at radius 3 is 2.81 bits per heavy atom. The number of hydrogen-bond donors (Lipinski definition) is 0. The Hall–Kier alpha value is -1.55. The van der Waals surface area contributed by atoms with E-state index in [2.05, 4.69) is 4.74 Å². The van der Waals surface area contributed by atoms with E-state index in [1.807, 2.05) is 0 Å². The third kappa shape index (κ3) is 1.46. The van der Waals surface area contributed by atoms with Crippen molar-refractivity contribution in [3.63, 3.8) is 0 Å². The van der Waals surface area contributed by atoms with Gasteiger partial charge in [-0.05, 0) is 18.2 Å². The Bertz CT molecular complexity index is 577. The van der Waals surface area contributed by atoms with Crippen LogP contribution in [0.3, 0.4) is 0 Å². The van der Waals surface area contributed by atoms with E-state index in [4.69, 9.17) is 11.6 Å². The number of aryl methyl sites for hydroxylation is 1. The average Bonchev–Trinajstić information content (AvgIpc) is 2.61. The van der Waals surface area contributed by atoms with Crippen LogP contribution >= 0.6 is 11.6 Å². The van der Waals surface area contributed by atoms with Crippen molar-refractivity contribution in [1.29, 1.82) is 0 Å². The maximum absolute atomic E-state index is 13.2. The van der Waals surface area contributed by atoms with Crippen LogP contribution in [-0.4, -0.2) is 17.6 Å². The average molecular weight is 242 g/mol. The largest absolute Gasteiger partial charge is 0.464 e. The number of halogens is 2. The van der Waals surface area contributed by atoms with E-state index in [9.17, 15) is 9.18 Å². The summed E-state index contributed by atoms with van der Waals surface area (Å²) in [7, 11) is 2.99. The lowest BCUT2D eigenvalue weighted by Crippen LogP contribution is -2.06. The van der Waals surface area contributed by atoms with Gasteiger partial charge in [0, 0.05) is 12.4 Å². The zero-order chi connectivity index (χ0) is 11.9. The molecule has 2 aromatic rings. The quantitative estimate of drug-likeness (QED) is 0.719. The third-order valence-corrected chi connectivity index (χ3v) is 2.89. The molecule has 1 heterocycles. The van der Waals surface area contributed by atoms with Crippen LogP contribution in [0.25, 0.3) is 10.9 Å². The molecular formula is C11H9ClFNO2. The molecule has 1 aromatic carbocycles. The Morgan fingerprint density at radius 2 is 2.19 bits per heavy atom. The first-order chi connectivity index (χ1) is 7.56. The van der Waals surface area contributed by atoms with E-state index in [0.717, 1.165) is 0 Å². The van der Waals surface area contributed by atoms with Crippen molar-refractivity contribution in [2.24, 2.45) is 7.05 Å². The molecule has 0 bridgehead atoms. The smallest absolute Gasteiger partial charge is 0.354 e. The highest BCUT2D eigenvalue weighted by molar-refractivity contribution is 6.35. The molecule has 0 N–H and O–H groups in total. The molecule has 1 aromatic heterocycles. The van der Waals surface area contributed by atoms with Gasteiger partial charge in [0.2, 0.25) is 0 Å². The summed E-state index contributed by atoms with van der Waals surface area (Å²) in [6.07, 6.45) is 0. The molecule has 16 heavy (non-hydrogen) atoms. The number of hydrogen-bond acceptors (Lipinski definition) is 2. The summed E-state index contributed by atoms with van der Waals surface area (Å²) < 4.78 is 19.5. The molecule has 0 atom stereocenters. The molecule has 2 rings (SSSR count). The summed E-state index contributed by atoms with van der Waals surface area (Å²) in [4.78, 5) is 11.4. The van der Waals surface area contributed by atoms with Crippen LogP contribution in [0.5, 0.6) is 0 Å². The SMILES string of the molecule is COC(=O)c1cc2c(Cl)c(F)ccc2n1C. The highest BCUT2D eigenvalue weighted by Gasteiger charge is 2.16. The van der Waals surface area contributed by atoms with Crippen LogP contribution in [0.2, 0.25) is 5.02 Å². The van der Waals surface area contributed by atoms with Gasteiger partial charge in [-0.3, -0.25) is 0 Å². The standard InChI is InChI=1S/C11H9ClFNO2/c1-14-8-4-3-7(13)10(12)6(8)5-9(14)11(15)16-2/h3-5H,1-2H3. The van der Waals surface area contributed by atoms with Crippen LogP contribution in [0.15, 0.2) is 18.2 Å². The van der Waals surface area contributed by atoms with Crippen molar-refractivity contribution in [1.82, 2.24) is 4.57 Å². The van der Waals surface area contributed by atoms with Crippen molar-refractivity contribution in [2.45, 2.75) is 0 Å². The summed E-state index contributed by atoms with van der Waals surface area (Å²) >= 11 is 5.82. The maximum atomic E-state index is 13.2. The number of carbonyl (C=O) groups excluding carboxylic acids is 1. The summed E-state index contributed by atoms with van der Waals surface area (Å²) in [6.45, 7) is 0. The molecule has 0 radical (unpaired) electrons. The second-order valence-corrected chi connectivity index (χ2v) is 3.75. The number of esters is 1. The van der Waals surface area contributed by atoms with Gasteiger partial charge in [-0.2, -0.15) is 0 Å². The normalized spacial score (nSPS) is 10.8. The molecule has 3 nitrogen and oxygen atoms in total. The molecule has 84 valence electrons. The minimum absolute atomic E-state index is 0.0169. The highest BCUT2D eigenvalue weighted by Crippen LogP contribution is 2.28. The lowest BCUT2D eigenvalue weighted by atomic mass is 10.2. The minimum atomic E-state index is -0.504. The Morgan fingerprint density at radius 1 is 1.50 bits per heavy atom. The van der Waals surface area contributed by atoms with Gasteiger partial charge in [-0.15, -0.1) is 0 Å². The molecule has 0 fully saturated rings. The molecule has 0 spiro atoms. The number of aromatic nitrogens is 1. The van der Waals surface area contributed by atoms with Crippen molar-refractivity contribution in [3.05, 3.63) is 34.7 Å². The van der Waals surface area contributed by atoms with E-state index < -0.39 is 11.8 Å². The first-order valence-electron chi connectivity index (χ1n) is 4.58. The summed E-state index contributed by atoms with van der Waals surface area (Å²) in [5, 5.41) is 0.521. The van der Waals surface area contributed by atoms with Gasteiger partial charge in [0.1, 0.15) is 11.5 Å². The van der Waals surface area contributed by atoms with Gasteiger partial charge in [0.15, 0.2) is 0 Å². The van der Waals surface area contributed by atoms with Gasteiger partial charge < -0.3 is 9.30 Å². The van der Waals surface area contributed by atoms with Gasteiger partial charge in [-0.25, -0.2) is 9.18 Å². The Kier molecular flexibility index (Phi) is 2.59. The summed E-state index contributed by atoms with van der Waals surface area (Å²) in [5.41, 5.74) is 1.02. The molecule has 0 unspecified atom stereocenters. The highest BCUT2D eigenvalue weighted by atomic mass is 35.5. The van der Waals surface area contributed by atoms with E-state index in [-0.39, 0.29) is 5.02 Å². The monoisotopic (exact) mass is 241 g/mol. The number of methoxy groups -OCH3 is 1. The molecule has 0 saturated heterocycles. The zero-order valence-corrected chi connectivity index (χ0v) is 9.51. The van der Waals surface area contributed by atoms with Crippen LogP contribution in [-0.2, 0) is 11.8 Å². The summed E-state index contributed by atoms with van der Waals surface area (Å²) in [5.74, 6) is -0.980. The second-order valence-electron chi connectivity index (χ2n) is 3.37. The van der Waals surface area contributed by atoms with Gasteiger partial charge in [0.05, 0.1) is 17.6 Å². The second kappa shape index (κ2) is 3.79. The Balaban J connectivity index is 2.77. The Labute approximate surface area is 96.4 Å². The first kappa shape index (κ1) is 11.0. The van der Waals surface area contributed by atoms with Crippen LogP contribution in [0.4, 0.5) is 4.39 Å². The van der Waals surface area contributed by atoms with Gasteiger partial charge in [-0.1, -0.05) is 11.6 Å². The fraction of sp³-hybridized carbons (Fsp3) is 0.182. The van der Waals surface area contributed by atoms with Crippen LogP contribution in [0, 0.1) is 5.82 Å². The molecule has 0 aliphatic carbocycles. The fourth-order valence-corrected chi connectivity index (χ4v) is 1.86. The number of benzene rings is 1. The van der Waals surface area contributed by atoms with Crippen molar-refractivity contribution in [2.75, 3.05) is 7.11 Å². The number of nitrogens with zero attached hydrogens (tertiary/aromatic N) is 1. The van der Waals surface area contributed by atoms with Crippen LogP contribution in [0.1, 0.15) is 10.5 Å². The lowest BCUT2D eigenvalue weighted by molar-refractivity contribution is 0.0590. The van der Waals surface area contributed by atoms with Crippen molar-refractivity contribution in [3.8, 4) is 0 Å². The van der Waals surface area contributed by atoms with E-state index in [1.165, 1.54) is 19.2 Å². The molecular weight excluding hydrogens is 233 g/mol. The topological polar surface area (TPSA) is 31.2 Å². The predicted octanol–water partition coefficient (Wildman–Crippen LogP) is 2.76. The summed E-state index contributed by atoms with van der Waals surface area (Å²) in [6, 6.07) is 4.36. The third-order valence-electron chi connectivity index (χ3n) is 2.51. The van der Waals surface area contributed by atoms with Gasteiger partial charge >= 0.3 is 5.97 Å². The first-order valence-corrected chi connectivity index (χ1v) is 4.95. The minimum Gasteiger partial charge on any atom is -0.464 e. The van der Waals surface area contributed by atoms with E-state index in [1.54, 1.807) is 17.7 Å². The van der Waals surface area contributed by atoms with E-state index >= 15 is 0 Å². The molecule has 0 aliphatic heterocycles. The zero-order valence-electron chi connectivity index (χ0n) is 8.75. The number of fused-ring (bicyclic) bond motifs is 1. The van der Waals surface area contributed by atoms with E-state index in [0.29, 0.717) is 16.6 Å². The molecule has 5 heteroatoms. The maximum Gasteiger partial charge on any atom is 0.354 e. The fourth-order valence-electron chi connectivity index (χ4n) is 1.65. The van der Waals surface area contributed by atoms with Gasteiger partial charge in [0.25, 0.3) is 0 Å². The van der Waals surface area contributed by atoms with Crippen molar-refractivity contribution >= 4 is 28.5 Å². The molecule has 0 saturated carbocycles.